The summed E-state index contributed by atoms with van der Waals surface area (Å²) in [6.45, 7) is 6.60. The quantitative estimate of drug-likeness (QED) is 0.681. The van der Waals surface area contributed by atoms with E-state index in [-0.39, 0.29) is 13.1 Å². The first kappa shape index (κ1) is 17.4. The van der Waals surface area contributed by atoms with Crippen molar-refractivity contribution in [3.8, 4) is 0 Å². The van der Waals surface area contributed by atoms with Crippen LogP contribution in [-0.4, -0.2) is 67.8 Å². The van der Waals surface area contributed by atoms with E-state index in [1.54, 1.807) is 4.90 Å². The van der Waals surface area contributed by atoms with Gasteiger partial charge in [-0.3, -0.25) is 15.0 Å². The first-order valence-electron chi connectivity index (χ1n) is 6.75. The standard InChI is InChI=1S/C13H23N3O5/c1-13(2,3)15-12(19)14-10(17)8-16-5-6-21-9(7-16)11(18)20-4/h9H,5-8H2,1-4H3,(H2,14,15,17,19). The molecule has 1 atom stereocenters. The van der Waals surface area contributed by atoms with Gasteiger partial charge in [0.2, 0.25) is 5.91 Å². The van der Waals surface area contributed by atoms with Crippen molar-refractivity contribution in [1.82, 2.24) is 15.5 Å². The maximum atomic E-state index is 11.8. The lowest BCUT2D eigenvalue weighted by Gasteiger charge is -2.30. The van der Waals surface area contributed by atoms with Crippen LogP contribution in [0.25, 0.3) is 0 Å². The molecule has 1 aliphatic heterocycles. The molecule has 1 unspecified atom stereocenters. The molecule has 1 saturated heterocycles. The molecule has 0 aromatic carbocycles. The highest BCUT2D eigenvalue weighted by molar-refractivity contribution is 5.95. The van der Waals surface area contributed by atoms with Gasteiger partial charge in [0.05, 0.1) is 20.3 Å². The maximum Gasteiger partial charge on any atom is 0.336 e. The zero-order valence-corrected chi connectivity index (χ0v) is 12.9. The molecule has 0 bridgehead atoms. The number of nitrogens with zero attached hydrogens (tertiary/aromatic N) is 1. The summed E-state index contributed by atoms with van der Waals surface area (Å²) in [6.07, 6.45) is -0.694. The predicted octanol–water partition coefficient (Wildman–Crippen LogP) is -0.515. The van der Waals surface area contributed by atoms with Gasteiger partial charge in [0.25, 0.3) is 0 Å². The number of hydrogen-bond donors (Lipinski definition) is 2. The van der Waals surface area contributed by atoms with Crippen LogP contribution in [0.15, 0.2) is 0 Å². The van der Waals surface area contributed by atoms with Gasteiger partial charge in [-0.15, -0.1) is 0 Å². The van der Waals surface area contributed by atoms with Crippen molar-refractivity contribution in [1.29, 1.82) is 0 Å². The molecule has 1 fully saturated rings. The second kappa shape index (κ2) is 7.37. The van der Waals surface area contributed by atoms with Crippen LogP contribution in [0.2, 0.25) is 0 Å². The van der Waals surface area contributed by atoms with Crippen molar-refractivity contribution in [2.45, 2.75) is 32.4 Å². The number of methoxy groups -OCH3 is 1. The third kappa shape index (κ3) is 6.54. The predicted molar refractivity (Wildman–Crippen MR) is 74.6 cm³/mol. The fraction of sp³-hybridized carbons (Fsp3) is 0.769. The number of carbonyl (C=O) groups excluding carboxylic acids is 3. The molecule has 1 heterocycles. The molecule has 0 aromatic heterocycles. The van der Waals surface area contributed by atoms with E-state index in [0.29, 0.717) is 13.2 Å². The van der Waals surface area contributed by atoms with Gasteiger partial charge in [0.1, 0.15) is 0 Å². The molecule has 2 N–H and O–H groups in total. The van der Waals surface area contributed by atoms with Crippen LogP contribution >= 0.6 is 0 Å². The third-order valence-corrected chi connectivity index (χ3v) is 2.72. The average molecular weight is 301 g/mol. The summed E-state index contributed by atoms with van der Waals surface area (Å²) in [7, 11) is 1.29. The van der Waals surface area contributed by atoms with Crippen molar-refractivity contribution >= 4 is 17.9 Å². The Hall–Kier alpha value is -1.67. The van der Waals surface area contributed by atoms with Gasteiger partial charge in [-0.05, 0) is 20.8 Å². The number of hydrogen-bond acceptors (Lipinski definition) is 6. The van der Waals surface area contributed by atoms with E-state index in [4.69, 9.17) is 4.74 Å². The number of carbonyl (C=O) groups is 3. The maximum absolute atomic E-state index is 11.8. The van der Waals surface area contributed by atoms with Crippen molar-refractivity contribution < 1.29 is 23.9 Å². The number of ether oxygens (including phenoxy) is 2. The van der Waals surface area contributed by atoms with Crippen LogP contribution < -0.4 is 10.6 Å². The summed E-state index contributed by atoms with van der Waals surface area (Å²) in [6, 6.07) is -0.537. The van der Waals surface area contributed by atoms with E-state index < -0.39 is 29.6 Å². The van der Waals surface area contributed by atoms with Crippen LogP contribution in [0, 0.1) is 0 Å². The van der Waals surface area contributed by atoms with Gasteiger partial charge in [0.15, 0.2) is 6.10 Å². The number of rotatable bonds is 3. The zero-order valence-electron chi connectivity index (χ0n) is 12.9. The summed E-state index contributed by atoms with van der Waals surface area (Å²) in [5.74, 6) is -0.896. The first-order valence-corrected chi connectivity index (χ1v) is 6.75. The SMILES string of the molecule is COC(=O)C1CN(CC(=O)NC(=O)NC(C)(C)C)CCO1. The molecule has 0 aliphatic carbocycles. The molecule has 8 nitrogen and oxygen atoms in total. The normalized spacial score (nSPS) is 19.7. The zero-order chi connectivity index (χ0) is 16.0. The molecule has 3 amide bonds. The summed E-state index contributed by atoms with van der Waals surface area (Å²) >= 11 is 0. The average Bonchev–Trinajstić information content (AvgIpc) is 2.35. The van der Waals surface area contributed by atoms with E-state index in [1.807, 2.05) is 20.8 Å². The minimum Gasteiger partial charge on any atom is -0.467 e. The topological polar surface area (TPSA) is 97.0 Å². The van der Waals surface area contributed by atoms with E-state index in [9.17, 15) is 14.4 Å². The Kier molecular flexibility index (Phi) is 6.10. The molecule has 0 radical (unpaired) electrons. The molecule has 0 aromatic rings. The second-order valence-electron chi connectivity index (χ2n) is 5.87. The number of esters is 1. The molecule has 0 saturated carbocycles. The minimum absolute atomic E-state index is 0.0222. The second-order valence-corrected chi connectivity index (χ2v) is 5.87. The van der Waals surface area contributed by atoms with Gasteiger partial charge in [-0.25, -0.2) is 9.59 Å². The Balaban J connectivity index is 2.40. The van der Waals surface area contributed by atoms with Crippen LogP contribution in [0.4, 0.5) is 4.79 Å². The van der Waals surface area contributed by atoms with Gasteiger partial charge in [-0.2, -0.15) is 0 Å². The minimum atomic E-state index is -0.694. The van der Waals surface area contributed by atoms with Gasteiger partial charge in [0, 0.05) is 18.6 Å². The summed E-state index contributed by atoms with van der Waals surface area (Å²) in [5.41, 5.74) is -0.417. The molecular weight excluding hydrogens is 278 g/mol. The fourth-order valence-corrected chi connectivity index (χ4v) is 1.86. The monoisotopic (exact) mass is 301 g/mol. The highest BCUT2D eigenvalue weighted by Gasteiger charge is 2.28. The Bertz CT molecular complexity index is 405. The Morgan fingerprint density at radius 3 is 2.57 bits per heavy atom. The largest absolute Gasteiger partial charge is 0.467 e. The summed E-state index contributed by atoms with van der Waals surface area (Å²) < 4.78 is 9.87. The van der Waals surface area contributed by atoms with E-state index in [2.05, 4.69) is 15.4 Å². The third-order valence-electron chi connectivity index (χ3n) is 2.72. The van der Waals surface area contributed by atoms with E-state index in [0.717, 1.165) is 0 Å². The molecular formula is C13H23N3O5. The Labute approximate surface area is 124 Å². The molecule has 1 aliphatic rings. The van der Waals surface area contributed by atoms with Crippen LogP contribution in [0.5, 0.6) is 0 Å². The van der Waals surface area contributed by atoms with Crippen molar-refractivity contribution in [2.24, 2.45) is 0 Å². The van der Waals surface area contributed by atoms with E-state index in [1.165, 1.54) is 7.11 Å². The fourth-order valence-electron chi connectivity index (χ4n) is 1.86. The molecule has 120 valence electrons. The van der Waals surface area contributed by atoms with Crippen molar-refractivity contribution in [3.63, 3.8) is 0 Å². The number of nitrogens with one attached hydrogen (secondary N) is 2. The Morgan fingerprint density at radius 1 is 1.33 bits per heavy atom. The van der Waals surface area contributed by atoms with Gasteiger partial charge in [-0.1, -0.05) is 0 Å². The van der Waals surface area contributed by atoms with Crippen LogP contribution in [0.1, 0.15) is 20.8 Å². The number of amides is 3. The highest BCUT2D eigenvalue weighted by atomic mass is 16.6. The lowest BCUT2D eigenvalue weighted by Crippen LogP contribution is -2.53. The van der Waals surface area contributed by atoms with E-state index >= 15 is 0 Å². The van der Waals surface area contributed by atoms with Crippen LogP contribution in [-0.2, 0) is 19.1 Å². The molecule has 1 rings (SSSR count). The van der Waals surface area contributed by atoms with Crippen LogP contribution in [0.3, 0.4) is 0 Å². The molecule has 21 heavy (non-hydrogen) atoms. The van der Waals surface area contributed by atoms with Gasteiger partial charge < -0.3 is 14.8 Å². The van der Waals surface area contributed by atoms with Crippen molar-refractivity contribution in [2.75, 3.05) is 33.4 Å². The van der Waals surface area contributed by atoms with Gasteiger partial charge >= 0.3 is 12.0 Å². The number of urea groups is 1. The lowest BCUT2D eigenvalue weighted by atomic mass is 10.1. The highest BCUT2D eigenvalue weighted by Crippen LogP contribution is 2.06. The first-order chi connectivity index (χ1) is 9.71. The lowest BCUT2D eigenvalue weighted by molar-refractivity contribution is -0.160. The summed E-state index contributed by atoms with van der Waals surface area (Å²) in [5, 5.41) is 4.89. The number of morpholine rings is 1. The Morgan fingerprint density at radius 2 is 2.00 bits per heavy atom. The number of imide groups is 1. The molecule has 8 heteroatoms. The summed E-state index contributed by atoms with van der Waals surface area (Å²) in [4.78, 5) is 36.5. The smallest absolute Gasteiger partial charge is 0.336 e. The molecule has 0 spiro atoms. The van der Waals surface area contributed by atoms with Crippen molar-refractivity contribution in [3.05, 3.63) is 0 Å².